The monoisotopic (exact) mass is 324 g/mol. The van der Waals surface area contributed by atoms with Crippen molar-refractivity contribution in [2.45, 2.75) is 38.6 Å². The van der Waals surface area contributed by atoms with Crippen molar-refractivity contribution in [3.63, 3.8) is 0 Å². The summed E-state index contributed by atoms with van der Waals surface area (Å²) >= 11 is 0. The van der Waals surface area contributed by atoms with Crippen LogP contribution >= 0.6 is 0 Å². The molecular weight excluding hydrogens is 304 g/mol. The smallest absolute Gasteiger partial charge is 0.271 e. The van der Waals surface area contributed by atoms with Gasteiger partial charge in [-0.25, -0.2) is 9.97 Å². The first kappa shape index (κ1) is 16.1. The van der Waals surface area contributed by atoms with Crippen molar-refractivity contribution in [1.82, 2.24) is 15.3 Å². The van der Waals surface area contributed by atoms with E-state index in [-0.39, 0.29) is 17.7 Å². The molecule has 0 unspecified atom stereocenters. The summed E-state index contributed by atoms with van der Waals surface area (Å²) in [5.41, 5.74) is 1.69. The fourth-order valence-electron chi connectivity index (χ4n) is 2.80. The molecule has 6 heteroatoms. The Morgan fingerprint density at radius 1 is 1.12 bits per heavy atom. The van der Waals surface area contributed by atoms with Crippen LogP contribution in [-0.2, 0) is 0 Å². The topological polar surface area (TPSA) is 84.0 Å². The van der Waals surface area contributed by atoms with Crippen LogP contribution in [0.1, 0.15) is 53.5 Å². The normalized spacial score (nSPS) is 14.4. The molecule has 1 aliphatic rings. The van der Waals surface area contributed by atoms with Gasteiger partial charge in [0.1, 0.15) is 11.5 Å². The van der Waals surface area contributed by atoms with Gasteiger partial charge in [0.25, 0.3) is 5.91 Å². The van der Waals surface area contributed by atoms with Crippen LogP contribution in [0, 0.1) is 0 Å². The van der Waals surface area contributed by atoms with Gasteiger partial charge in [-0.3, -0.25) is 9.59 Å². The third kappa shape index (κ3) is 3.95. The van der Waals surface area contributed by atoms with Crippen molar-refractivity contribution in [3.05, 3.63) is 47.9 Å². The van der Waals surface area contributed by atoms with Crippen LogP contribution in [-0.4, -0.2) is 27.7 Å². The van der Waals surface area contributed by atoms with E-state index in [9.17, 15) is 9.59 Å². The van der Waals surface area contributed by atoms with Crippen LogP contribution in [0.15, 0.2) is 36.7 Å². The first-order valence-corrected chi connectivity index (χ1v) is 8.13. The van der Waals surface area contributed by atoms with E-state index in [0.29, 0.717) is 17.1 Å². The maximum atomic E-state index is 12.1. The van der Waals surface area contributed by atoms with Gasteiger partial charge in [-0.1, -0.05) is 25.0 Å². The summed E-state index contributed by atoms with van der Waals surface area (Å²) in [6.07, 6.45) is 7.37. The summed E-state index contributed by atoms with van der Waals surface area (Å²) in [6.45, 7) is 1.52. The minimum atomic E-state index is -0.181. The van der Waals surface area contributed by atoms with Gasteiger partial charge in [0.15, 0.2) is 5.78 Å². The van der Waals surface area contributed by atoms with Crippen molar-refractivity contribution in [1.29, 1.82) is 0 Å². The van der Waals surface area contributed by atoms with Gasteiger partial charge in [0.05, 0.1) is 12.4 Å². The molecule has 1 aromatic carbocycles. The lowest BCUT2D eigenvalue weighted by Crippen LogP contribution is -2.33. The van der Waals surface area contributed by atoms with Crippen LogP contribution in [0.2, 0.25) is 0 Å². The molecule has 2 aromatic rings. The summed E-state index contributed by atoms with van der Waals surface area (Å²) in [5, 5.41) is 6.07. The highest BCUT2D eigenvalue weighted by Crippen LogP contribution is 2.18. The number of benzene rings is 1. The van der Waals surface area contributed by atoms with Gasteiger partial charge in [0.2, 0.25) is 0 Å². The number of aromatic nitrogens is 2. The molecule has 124 valence electrons. The fourth-order valence-corrected chi connectivity index (χ4v) is 2.80. The third-order valence-corrected chi connectivity index (χ3v) is 4.12. The van der Waals surface area contributed by atoms with Gasteiger partial charge in [0, 0.05) is 17.3 Å². The molecular formula is C18H20N4O2. The van der Waals surface area contributed by atoms with Crippen molar-refractivity contribution in [2.24, 2.45) is 0 Å². The van der Waals surface area contributed by atoms with E-state index in [4.69, 9.17) is 0 Å². The molecule has 0 atom stereocenters. The molecule has 0 saturated heterocycles. The zero-order valence-electron chi connectivity index (χ0n) is 13.6. The Morgan fingerprint density at radius 2 is 1.92 bits per heavy atom. The number of carbonyl (C=O) groups excluding carboxylic acids is 2. The zero-order chi connectivity index (χ0) is 16.9. The number of amides is 1. The first-order valence-electron chi connectivity index (χ1n) is 8.13. The Balaban J connectivity index is 1.64. The maximum Gasteiger partial charge on any atom is 0.271 e. The molecule has 3 rings (SSSR count). The second-order valence-electron chi connectivity index (χ2n) is 6.00. The number of Topliss-reactive ketones (excluding diaryl/α,β-unsaturated/α-hetero) is 1. The molecule has 1 heterocycles. The number of ketones is 1. The minimum absolute atomic E-state index is 0.00339. The Hall–Kier alpha value is -2.76. The molecule has 24 heavy (non-hydrogen) atoms. The summed E-state index contributed by atoms with van der Waals surface area (Å²) < 4.78 is 0. The summed E-state index contributed by atoms with van der Waals surface area (Å²) in [5.74, 6) is 0.344. The van der Waals surface area contributed by atoms with Crippen molar-refractivity contribution < 1.29 is 9.59 Å². The largest absolute Gasteiger partial charge is 0.348 e. The summed E-state index contributed by atoms with van der Waals surface area (Å²) in [6, 6.07) is 7.41. The van der Waals surface area contributed by atoms with Crippen LogP contribution in [0.3, 0.4) is 0 Å². The summed E-state index contributed by atoms with van der Waals surface area (Å²) in [7, 11) is 0. The average Bonchev–Trinajstić information content (AvgIpc) is 3.08. The number of nitrogens with one attached hydrogen (secondary N) is 2. The van der Waals surface area contributed by atoms with E-state index in [0.717, 1.165) is 18.5 Å². The number of anilines is 2. The molecule has 0 spiro atoms. The molecule has 0 radical (unpaired) electrons. The van der Waals surface area contributed by atoms with Gasteiger partial charge in [-0.2, -0.15) is 0 Å². The van der Waals surface area contributed by atoms with Crippen molar-refractivity contribution >= 4 is 23.2 Å². The number of rotatable bonds is 5. The van der Waals surface area contributed by atoms with Gasteiger partial charge < -0.3 is 10.6 Å². The second-order valence-corrected chi connectivity index (χ2v) is 6.00. The Bertz CT molecular complexity index is 737. The fraction of sp³-hybridized carbons (Fsp3) is 0.333. The SMILES string of the molecule is CC(=O)c1cccc(Nc2cnc(C(=O)NC3CCCC3)cn2)c1. The van der Waals surface area contributed by atoms with Crippen LogP contribution in [0.5, 0.6) is 0 Å². The second kappa shape index (κ2) is 7.21. The van der Waals surface area contributed by atoms with Crippen LogP contribution in [0.25, 0.3) is 0 Å². The third-order valence-electron chi connectivity index (χ3n) is 4.12. The van der Waals surface area contributed by atoms with Gasteiger partial charge >= 0.3 is 0 Å². The lowest BCUT2D eigenvalue weighted by Gasteiger charge is -2.11. The molecule has 0 bridgehead atoms. The Kier molecular flexibility index (Phi) is 4.84. The van der Waals surface area contributed by atoms with Crippen molar-refractivity contribution in [3.8, 4) is 0 Å². The Labute approximate surface area is 140 Å². The molecule has 1 aromatic heterocycles. The number of hydrogen-bond acceptors (Lipinski definition) is 5. The van der Waals surface area contributed by atoms with E-state index < -0.39 is 0 Å². The molecule has 6 nitrogen and oxygen atoms in total. The highest BCUT2D eigenvalue weighted by molar-refractivity contribution is 5.95. The lowest BCUT2D eigenvalue weighted by atomic mass is 10.1. The van der Waals surface area contributed by atoms with Gasteiger partial charge in [-0.15, -0.1) is 0 Å². The molecule has 2 N–H and O–H groups in total. The molecule has 1 amide bonds. The van der Waals surface area contributed by atoms with E-state index in [1.54, 1.807) is 18.2 Å². The van der Waals surface area contributed by atoms with Crippen molar-refractivity contribution in [2.75, 3.05) is 5.32 Å². The Morgan fingerprint density at radius 3 is 2.58 bits per heavy atom. The lowest BCUT2D eigenvalue weighted by molar-refractivity contribution is 0.0931. The molecule has 1 aliphatic carbocycles. The van der Waals surface area contributed by atoms with E-state index in [1.807, 2.05) is 6.07 Å². The van der Waals surface area contributed by atoms with E-state index >= 15 is 0 Å². The number of carbonyl (C=O) groups is 2. The van der Waals surface area contributed by atoms with Crippen LogP contribution < -0.4 is 10.6 Å². The molecule has 1 fully saturated rings. The predicted molar refractivity (Wildman–Crippen MR) is 91.5 cm³/mol. The minimum Gasteiger partial charge on any atom is -0.348 e. The number of hydrogen-bond donors (Lipinski definition) is 2. The highest BCUT2D eigenvalue weighted by Gasteiger charge is 2.18. The highest BCUT2D eigenvalue weighted by atomic mass is 16.2. The molecule has 0 aliphatic heterocycles. The van der Waals surface area contributed by atoms with E-state index in [2.05, 4.69) is 20.6 Å². The maximum absolute atomic E-state index is 12.1. The summed E-state index contributed by atoms with van der Waals surface area (Å²) in [4.78, 5) is 31.9. The molecule has 1 saturated carbocycles. The first-order chi connectivity index (χ1) is 11.6. The van der Waals surface area contributed by atoms with Gasteiger partial charge in [-0.05, 0) is 31.9 Å². The zero-order valence-corrected chi connectivity index (χ0v) is 13.6. The quantitative estimate of drug-likeness (QED) is 0.826. The predicted octanol–water partition coefficient (Wildman–Crippen LogP) is 3.10. The number of nitrogens with zero attached hydrogens (tertiary/aromatic N) is 2. The average molecular weight is 324 g/mol. The van der Waals surface area contributed by atoms with E-state index in [1.165, 1.54) is 32.2 Å². The van der Waals surface area contributed by atoms with Crippen LogP contribution in [0.4, 0.5) is 11.5 Å². The standard InChI is InChI=1S/C18H20N4O2/c1-12(23)13-5-4-8-15(9-13)21-17-11-19-16(10-20-17)18(24)22-14-6-2-3-7-14/h4-5,8-11,14H,2-3,6-7H2,1H3,(H,20,21)(H,22,24).